The van der Waals surface area contributed by atoms with Gasteiger partial charge in [-0.2, -0.15) is 4.99 Å². The van der Waals surface area contributed by atoms with Gasteiger partial charge in [-0.3, -0.25) is 0 Å². The number of hydrogen-bond donors (Lipinski definition) is 0. The predicted octanol–water partition coefficient (Wildman–Crippen LogP) is 5.36. The van der Waals surface area contributed by atoms with E-state index in [1.165, 1.54) is 21.4 Å². The summed E-state index contributed by atoms with van der Waals surface area (Å²) in [5, 5.41) is 3.20. The molecule has 0 amide bonds. The molecule has 0 spiro atoms. The molecule has 0 aliphatic heterocycles. The molecule has 23 heavy (non-hydrogen) atoms. The first kappa shape index (κ1) is 15.6. The van der Waals surface area contributed by atoms with Crippen molar-refractivity contribution >= 4 is 44.6 Å². The summed E-state index contributed by atoms with van der Waals surface area (Å²) in [6.07, 6.45) is 0. The van der Waals surface area contributed by atoms with Crippen molar-refractivity contribution in [2.75, 3.05) is 0 Å². The summed E-state index contributed by atoms with van der Waals surface area (Å²) in [7, 11) is 0. The number of hydrogen-bond acceptors (Lipinski definition) is 4. The minimum absolute atomic E-state index is 0.785. The summed E-state index contributed by atoms with van der Waals surface area (Å²) in [4.78, 5) is 8.61. The fourth-order valence-electron chi connectivity index (χ4n) is 2.37. The second-order valence-corrected chi connectivity index (χ2v) is 6.51. The van der Waals surface area contributed by atoms with Crippen molar-refractivity contribution in [3.63, 3.8) is 0 Å². The maximum absolute atomic E-state index is 4.68. The Morgan fingerprint density at radius 3 is 2.48 bits per heavy atom. The third-order valence-electron chi connectivity index (χ3n) is 3.72. The molecule has 0 unspecified atom stereocenters. The fourth-order valence-corrected chi connectivity index (χ4v) is 3.53. The van der Waals surface area contributed by atoms with Crippen LogP contribution < -0.4 is 0 Å². The summed E-state index contributed by atoms with van der Waals surface area (Å²) < 4.78 is 1.23. The van der Waals surface area contributed by atoms with Crippen LogP contribution >= 0.6 is 23.6 Å². The quantitative estimate of drug-likeness (QED) is 0.340. The standard InChI is InChI=1S/C19H14N2S2/c1-12-10-13(2)18-19(14(12)3)23-17(21-18)9-6-15-4-7-16(8-5-15)20-11-22/h4-5,7-8,10H,1-3H3. The lowest BCUT2D eigenvalue weighted by atomic mass is 10.1. The highest BCUT2D eigenvalue weighted by molar-refractivity contribution is 7.78. The first-order valence-corrected chi connectivity index (χ1v) is 8.38. The molecule has 1 aromatic heterocycles. The molecule has 0 N–H and O–H groups in total. The Labute approximate surface area is 144 Å². The average Bonchev–Trinajstić information content (AvgIpc) is 2.97. The molecule has 3 aromatic rings. The second-order valence-electron chi connectivity index (χ2n) is 5.33. The summed E-state index contributed by atoms with van der Waals surface area (Å²) in [5.74, 6) is 6.32. The van der Waals surface area contributed by atoms with Gasteiger partial charge in [-0.1, -0.05) is 12.0 Å². The SMILES string of the molecule is Cc1cc(C)c2nc(C#Cc3ccc(N=C=S)cc3)sc2c1C. The zero-order valence-corrected chi connectivity index (χ0v) is 14.7. The van der Waals surface area contributed by atoms with Gasteiger partial charge in [0.1, 0.15) is 0 Å². The van der Waals surface area contributed by atoms with Crippen LogP contribution in [0.3, 0.4) is 0 Å². The highest BCUT2D eigenvalue weighted by atomic mass is 32.1. The van der Waals surface area contributed by atoms with E-state index in [1.807, 2.05) is 24.3 Å². The number of aliphatic imine (C=N–C) groups is 1. The van der Waals surface area contributed by atoms with Crippen molar-refractivity contribution in [2.24, 2.45) is 4.99 Å². The monoisotopic (exact) mass is 334 g/mol. The normalized spacial score (nSPS) is 10.0. The van der Waals surface area contributed by atoms with Crippen LogP contribution in [0.25, 0.3) is 10.2 Å². The Bertz CT molecular complexity index is 996. The molecule has 2 aromatic carbocycles. The number of aromatic nitrogens is 1. The van der Waals surface area contributed by atoms with Crippen molar-refractivity contribution in [3.8, 4) is 11.8 Å². The minimum atomic E-state index is 0.785. The molecule has 0 bridgehead atoms. The van der Waals surface area contributed by atoms with Gasteiger partial charge in [-0.05, 0) is 79.9 Å². The zero-order chi connectivity index (χ0) is 16.4. The summed E-state index contributed by atoms with van der Waals surface area (Å²) in [6.45, 7) is 6.38. The third-order valence-corrected chi connectivity index (χ3v) is 4.90. The number of aryl methyl sites for hydroxylation is 3. The van der Waals surface area contributed by atoms with Gasteiger partial charge in [0.2, 0.25) is 0 Å². The number of benzene rings is 2. The van der Waals surface area contributed by atoms with Gasteiger partial charge >= 0.3 is 0 Å². The first-order valence-electron chi connectivity index (χ1n) is 7.16. The maximum Gasteiger partial charge on any atom is 0.168 e. The summed E-state index contributed by atoms with van der Waals surface area (Å²) in [5.41, 5.74) is 6.57. The lowest BCUT2D eigenvalue weighted by Crippen LogP contribution is -1.85. The van der Waals surface area contributed by atoms with Crippen LogP contribution in [0.5, 0.6) is 0 Å². The molecule has 0 saturated carbocycles. The van der Waals surface area contributed by atoms with Crippen LogP contribution in [-0.4, -0.2) is 10.1 Å². The van der Waals surface area contributed by atoms with Crippen LogP contribution in [0.2, 0.25) is 0 Å². The molecular formula is C19H14N2S2. The van der Waals surface area contributed by atoms with E-state index in [9.17, 15) is 0 Å². The Hall–Kier alpha value is -2.31. The third kappa shape index (κ3) is 3.23. The van der Waals surface area contributed by atoms with Crippen molar-refractivity contribution in [1.29, 1.82) is 0 Å². The van der Waals surface area contributed by atoms with Crippen molar-refractivity contribution in [1.82, 2.24) is 4.98 Å². The molecule has 3 rings (SSSR count). The molecule has 0 fully saturated rings. The van der Waals surface area contributed by atoms with Crippen molar-refractivity contribution in [2.45, 2.75) is 20.8 Å². The van der Waals surface area contributed by atoms with Gasteiger partial charge in [0, 0.05) is 5.56 Å². The van der Waals surface area contributed by atoms with E-state index in [0.717, 1.165) is 21.8 Å². The van der Waals surface area contributed by atoms with E-state index in [2.05, 4.69) is 66.0 Å². The highest BCUT2D eigenvalue weighted by Gasteiger charge is 2.09. The van der Waals surface area contributed by atoms with Gasteiger partial charge in [-0.25, -0.2) is 4.98 Å². The molecule has 0 aliphatic rings. The van der Waals surface area contributed by atoms with Gasteiger partial charge in [0.25, 0.3) is 0 Å². The second kappa shape index (κ2) is 6.44. The van der Waals surface area contributed by atoms with E-state index in [4.69, 9.17) is 0 Å². The van der Waals surface area contributed by atoms with Gasteiger partial charge in [0.15, 0.2) is 5.01 Å². The van der Waals surface area contributed by atoms with Gasteiger partial charge in [0.05, 0.1) is 21.1 Å². The molecular weight excluding hydrogens is 320 g/mol. The number of nitrogens with zero attached hydrogens (tertiary/aromatic N) is 2. The lowest BCUT2D eigenvalue weighted by Gasteiger charge is -2.02. The first-order chi connectivity index (χ1) is 11.1. The Morgan fingerprint density at radius 1 is 1.04 bits per heavy atom. The van der Waals surface area contributed by atoms with Crippen LogP contribution in [0, 0.1) is 32.6 Å². The molecule has 112 valence electrons. The fraction of sp³-hybridized carbons (Fsp3) is 0.158. The molecule has 0 aliphatic carbocycles. The van der Waals surface area contributed by atoms with Crippen LogP contribution in [0.4, 0.5) is 5.69 Å². The van der Waals surface area contributed by atoms with E-state index in [0.29, 0.717) is 0 Å². The number of thiazole rings is 1. The van der Waals surface area contributed by atoms with Crippen molar-refractivity contribution in [3.05, 3.63) is 57.6 Å². The molecule has 4 heteroatoms. The Balaban J connectivity index is 1.98. The molecule has 2 nitrogen and oxygen atoms in total. The lowest BCUT2D eigenvalue weighted by molar-refractivity contribution is 1.32. The van der Waals surface area contributed by atoms with Crippen molar-refractivity contribution < 1.29 is 0 Å². The molecule has 0 atom stereocenters. The average molecular weight is 334 g/mol. The summed E-state index contributed by atoms with van der Waals surface area (Å²) in [6, 6.07) is 9.78. The van der Waals surface area contributed by atoms with Crippen LogP contribution in [-0.2, 0) is 0 Å². The topological polar surface area (TPSA) is 25.2 Å². The number of thiocarbonyl (C=S) groups is 1. The predicted molar refractivity (Wildman–Crippen MR) is 101 cm³/mol. The van der Waals surface area contributed by atoms with Crippen LogP contribution in [0.1, 0.15) is 27.3 Å². The van der Waals surface area contributed by atoms with E-state index < -0.39 is 0 Å². The largest absolute Gasteiger partial charge is 0.227 e. The van der Waals surface area contributed by atoms with E-state index >= 15 is 0 Å². The molecule has 0 radical (unpaired) electrons. The molecule has 0 saturated heterocycles. The zero-order valence-electron chi connectivity index (χ0n) is 13.1. The van der Waals surface area contributed by atoms with Gasteiger partial charge < -0.3 is 0 Å². The Morgan fingerprint density at radius 2 is 1.78 bits per heavy atom. The molecule has 1 heterocycles. The summed E-state index contributed by atoms with van der Waals surface area (Å²) >= 11 is 6.25. The Kier molecular flexibility index (Phi) is 4.36. The number of isothiocyanates is 1. The smallest absolute Gasteiger partial charge is 0.168 e. The number of rotatable bonds is 1. The number of fused-ring (bicyclic) bond motifs is 1. The van der Waals surface area contributed by atoms with E-state index in [-0.39, 0.29) is 0 Å². The highest BCUT2D eigenvalue weighted by Crippen LogP contribution is 2.29. The minimum Gasteiger partial charge on any atom is -0.227 e. The van der Waals surface area contributed by atoms with Gasteiger partial charge in [-0.15, -0.1) is 11.3 Å². The van der Waals surface area contributed by atoms with Crippen LogP contribution in [0.15, 0.2) is 35.3 Å². The maximum atomic E-state index is 4.68. The van der Waals surface area contributed by atoms with E-state index in [1.54, 1.807) is 11.3 Å².